The highest BCUT2D eigenvalue weighted by Crippen LogP contribution is 2.23. The zero-order valence-corrected chi connectivity index (χ0v) is 15.1. The molecule has 1 aromatic carbocycles. The van der Waals surface area contributed by atoms with Gasteiger partial charge in [-0.3, -0.25) is 14.5 Å². The van der Waals surface area contributed by atoms with Crippen molar-refractivity contribution in [2.24, 2.45) is 5.73 Å². The monoisotopic (exact) mass is 357 g/mol. The minimum atomic E-state index is -0.436. The number of nitrogens with one attached hydrogen (secondary N) is 1. The van der Waals surface area contributed by atoms with E-state index in [9.17, 15) is 9.59 Å². The highest BCUT2D eigenvalue weighted by molar-refractivity contribution is 7.11. The van der Waals surface area contributed by atoms with Crippen LogP contribution in [0.4, 0.5) is 0 Å². The highest BCUT2D eigenvalue weighted by Gasteiger charge is 2.31. The Balaban J connectivity index is 1.61. The van der Waals surface area contributed by atoms with E-state index in [1.54, 1.807) is 11.3 Å². The number of hydrogen-bond acceptors (Lipinski definition) is 4. The Morgan fingerprint density at radius 3 is 2.60 bits per heavy atom. The van der Waals surface area contributed by atoms with Crippen LogP contribution < -0.4 is 11.1 Å². The number of primary amides is 1. The van der Waals surface area contributed by atoms with Gasteiger partial charge in [0.25, 0.3) is 0 Å². The summed E-state index contributed by atoms with van der Waals surface area (Å²) < 4.78 is 0. The largest absolute Gasteiger partial charge is 0.368 e. The fourth-order valence-electron chi connectivity index (χ4n) is 3.16. The smallest absolute Gasteiger partial charge is 0.235 e. The number of benzene rings is 1. The Labute approximate surface area is 151 Å². The predicted molar refractivity (Wildman–Crippen MR) is 99.1 cm³/mol. The van der Waals surface area contributed by atoms with E-state index >= 15 is 0 Å². The van der Waals surface area contributed by atoms with Crippen LogP contribution in [0.5, 0.6) is 0 Å². The molecule has 2 amide bonds. The molecule has 5 nitrogen and oxygen atoms in total. The number of aryl methyl sites for hydroxylation is 1. The van der Waals surface area contributed by atoms with Gasteiger partial charge >= 0.3 is 0 Å². The average Bonchev–Trinajstić information content (AvgIpc) is 3.07. The molecule has 2 heterocycles. The van der Waals surface area contributed by atoms with Crippen molar-refractivity contribution in [3.8, 4) is 0 Å². The molecule has 1 aromatic heterocycles. The first-order chi connectivity index (χ1) is 12.1. The van der Waals surface area contributed by atoms with E-state index in [1.165, 1.54) is 4.88 Å². The van der Waals surface area contributed by atoms with E-state index in [-0.39, 0.29) is 18.4 Å². The van der Waals surface area contributed by atoms with Crippen molar-refractivity contribution >= 4 is 23.2 Å². The second-order valence-corrected chi connectivity index (χ2v) is 7.55. The summed E-state index contributed by atoms with van der Waals surface area (Å²) in [6, 6.07) is 11.7. The van der Waals surface area contributed by atoms with Crippen molar-refractivity contribution in [3.05, 3.63) is 57.3 Å². The predicted octanol–water partition coefficient (Wildman–Crippen LogP) is 1.84. The van der Waals surface area contributed by atoms with Gasteiger partial charge in [-0.25, -0.2) is 0 Å². The molecule has 0 spiro atoms. The van der Waals surface area contributed by atoms with Gasteiger partial charge in [-0.2, -0.15) is 0 Å². The van der Waals surface area contributed by atoms with Gasteiger partial charge < -0.3 is 11.1 Å². The molecular formula is C19H23N3O2S. The van der Waals surface area contributed by atoms with Crippen molar-refractivity contribution < 1.29 is 9.59 Å². The van der Waals surface area contributed by atoms with Gasteiger partial charge in [-0.15, -0.1) is 11.3 Å². The third-order valence-corrected chi connectivity index (χ3v) is 5.78. The van der Waals surface area contributed by atoms with Crippen molar-refractivity contribution in [2.45, 2.75) is 38.9 Å². The summed E-state index contributed by atoms with van der Waals surface area (Å²) >= 11 is 1.71. The van der Waals surface area contributed by atoms with Crippen molar-refractivity contribution in [1.29, 1.82) is 0 Å². The summed E-state index contributed by atoms with van der Waals surface area (Å²) in [4.78, 5) is 28.5. The second-order valence-electron chi connectivity index (χ2n) is 6.29. The van der Waals surface area contributed by atoms with Crippen LogP contribution >= 0.6 is 11.3 Å². The number of carbonyl (C=O) groups excluding carboxylic acids is 2. The van der Waals surface area contributed by atoms with Gasteiger partial charge in [-0.1, -0.05) is 31.2 Å². The first-order valence-corrected chi connectivity index (χ1v) is 9.33. The Hall–Kier alpha value is -2.18. The molecule has 1 aliphatic heterocycles. The zero-order valence-electron chi connectivity index (χ0n) is 14.3. The quantitative estimate of drug-likeness (QED) is 0.828. The molecule has 0 bridgehead atoms. The molecule has 0 unspecified atom stereocenters. The summed E-state index contributed by atoms with van der Waals surface area (Å²) in [6.45, 7) is 3.38. The van der Waals surface area contributed by atoms with Gasteiger partial charge in [0.05, 0.1) is 19.1 Å². The van der Waals surface area contributed by atoms with Gasteiger partial charge in [0.2, 0.25) is 11.8 Å². The molecule has 1 aliphatic rings. The van der Waals surface area contributed by atoms with Crippen LogP contribution in [0.2, 0.25) is 0 Å². The molecule has 1 atom stereocenters. The van der Waals surface area contributed by atoms with E-state index in [2.05, 4.69) is 18.3 Å². The van der Waals surface area contributed by atoms with E-state index in [1.807, 2.05) is 35.2 Å². The van der Waals surface area contributed by atoms with Crippen LogP contribution in [0, 0.1) is 0 Å². The van der Waals surface area contributed by atoms with E-state index in [0.29, 0.717) is 19.5 Å². The number of thiophene rings is 1. The number of nitrogens with zero attached hydrogens (tertiary/aromatic N) is 1. The van der Waals surface area contributed by atoms with Crippen LogP contribution in [-0.4, -0.2) is 29.3 Å². The first kappa shape index (κ1) is 17.6. The number of rotatable bonds is 6. The molecule has 0 fully saturated rings. The summed E-state index contributed by atoms with van der Waals surface area (Å²) in [7, 11) is 0. The Morgan fingerprint density at radius 1 is 1.20 bits per heavy atom. The molecule has 132 valence electrons. The summed E-state index contributed by atoms with van der Waals surface area (Å²) in [5.74, 6) is -0.467. The molecule has 6 heteroatoms. The number of amides is 2. The van der Waals surface area contributed by atoms with Gasteiger partial charge in [0.1, 0.15) is 0 Å². The topological polar surface area (TPSA) is 75.4 Å². The lowest BCUT2D eigenvalue weighted by Gasteiger charge is -2.34. The van der Waals surface area contributed by atoms with Gasteiger partial charge in [-0.05, 0) is 36.1 Å². The summed E-state index contributed by atoms with van der Waals surface area (Å²) in [6.07, 6.45) is 1.57. The van der Waals surface area contributed by atoms with Gasteiger partial charge in [0, 0.05) is 16.3 Å². The average molecular weight is 357 g/mol. The fourth-order valence-corrected chi connectivity index (χ4v) is 4.05. The van der Waals surface area contributed by atoms with Crippen molar-refractivity contribution in [3.63, 3.8) is 0 Å². The van der Waals surface area contributed by atoms with Crippen LogP contribution in [0.15, 0.2) is 36.4 Å². The second kappa shape index (κ2) is 7.80. The molecule has 3 N–H and O–H groups in total. The maximum Gasteiger partial charge on any atom is 0.235 e. The van der Waals surface area contributed by atoms with Crippen LogP contribution in [-0.2, 0) is 35.5 Å². The summed E-state index contributed by atoms with van der Waals surface area (Å²) in [5.41, 5.74) is 7.85. The molecule has 25 heavy (non-hydrogen) atoms. The highest BCUT2D eigenvalue weighted by atomic mass is 32.1. The number of hydrogen-bond donors (Lipinski definition) is 2. The Kier molecular flexibility index (Phi) is 5.50. The number of carbonyl (C=O) groups is 2. The van der Waals surface area contributed by atoms with E-state index in [0.717, 1.165) is 22.4 Å². The molecule has 0 aliphatic carbocycles. The molecule has 0 radical (unpaired) electrons. The van der Waals surface area contributed by atoms with Crippen LogP contribution in [0.1, 0.15) is 27.8 Å². The zero-order chi connectivity index (χ0) is 17.8. The molecule has 2 aromatic rings. The first-order valence-electron chi connectivity index (χ1n) is 8.51. The minimum Gasteiger partial charge on any atom is -0.368 e. The molecular weight excluding hydrogens is 334 g/mol. The van der Waals surface area contributed by atoms with Crippen LogP contribution in [0.3, 0.4) is 0 Å². The normalized spacial score (nSPS) is 17.1. The van der Waals surface area contributed by atoms with Crippen molar-refractivity contribution in [1.82, 2.24) is 10.2 Å². The lowest BCUT2D eigenvalue weighted by Crippen LogP contribution is -2.51. The molecule has 0 saturated heterocycles. The Morgan fingerprint density at radius 2 is 1.92 bits per heavy atom. The van der Waals surface area contributed by atoms with E-state index in [4.69, 9.17) is 5.73 Å². The third kappa shape index (κ3) is 4.27. The number of fused-ring (bicyclic) bond motifs is 1. The molecule has 0 saturated carbocycles. The number of nitrogens with two attached hydrogens (primary N) is 1. The van der Waals surface area contributed by atoms with Crippen molar-refractivity contribution in [2.75, 3.05) is 6.54 Å². The SMILES string of the molecule is CCc1ccc(CNC(=O)CN2Cc3ccccc3C[C@H]2C(N)=O)s1. The lowest BCUT2D eigenvalue weighted by molar-refractivity contribution is -0.127. The third-order valence-electron chi connectivity index (χ3n) is 4.55. The van der Waals surface area contributed by atoms with E-state index < -0.39 is 6.04 Å². The van der Waals surface area contributed by atoms with Gasteiger partial charge in [0.15, 0.2) is 0 Å². The Bertz CT molecular complexity index is 772. The van der Waals surface area contributed by atoms with Crippen LogP contribution in [0.25, 0.3) is 0 Å². The molecule has 3 rings (SSSR count). The maximum atomic E-state index is 12.3. The summed E-state index contributed by atoms with van der Waals surface area (Å²) in [5, 5.41) is 2.94. The minimum absolute atomic E-state index is 0.0860. The standard InChI is InChI=1S/C19H23N3O2S/c1-2-15-7-8-16(25-15)10-21-18(23)12-22-11-14-6-4-3-5-13(14)9-17(22)19(20)24/h3-8,17H,2,9-12H2,1H3,(H2,20,24)(H,21,23)/t17-/m0/s1. The fraction of sp³-hybridized carbons (Fsp3) is 0.368. The lowest BCUT2D eigenvalue weighted by atomic mass is 9.93. The maximum absolute atomic E-state index is 12.3.